The molecule has 2 rings (SSSR count). The first-order valence-electron chi connectivity index (χ1n) is 8.78. The number of benzene rings is 2. The third kappa shape index (κ3) is 5.31. The van der Waals surface area contributed by atoms with E-state index in [0.717, 1.165) is 28.6 Å². The van der Waals surface area contributed by atoms with Crippen molar-refractivity contribution in [2.24, 2.45) is 0 Å². The van der Waals surface area contributed by atoms with Crippen LogP contribution in [0.2, 0.25) is 0 Å². The van der Waals surface area contributed by atoms with E-state index >= 15 is 0 Å². The van der Waals surface area contributed by atoms with Crippen LogP contribution in [-0.2, 0) is 0 Å². The summed E-state index contributed by atoms with van der Waals surface area (Å²) in [5.41, 5.74) is 12.9. The van der Waals surface area contributed by atoms with Crippen LogP contribution in [0, 0.1) is 0 Å². The first-order chi connectivity index (χ1) is 11.9. The van der Waals surface area contributed by atoms with Gasteiger partial charge in [-0.3, -0.25) is 4.90 Å². The summed E-state index contributed by atoms with van der Waals surface area (Å²) >= 11 is 1.65. The molecule has 136 valence electrons. The Morgan fingerprint density at radius 2 is 1.64 bits per heavy atom. The van der Waals surface area contributed by atoms with Crippen molar-refractivity contribution >= 4 is 23.1 Å². The largest absolute Gasteiger partial charge is 0.489 e. The van der Waals surface area contributed by atoms with Crippen LogP contribution in [0.4, 0.5) is 11.4 Å². The van der Waals surface area contributed by atoms with E-state index in [1.165, 1.54) is 0 Å². The Bertz CT molecular complexity index is 688. The summed E-state index contributed by atoms with van der Waals surface area (Å²) < 4.78 is 6.18. The minimum atomic E-state index is 0.118. The van der Waals surface area contributed by atoms with E-state index in [1.807, 2.05) is 30.3 Å². The lowest BCUT2D eigenvalue weighted by molar-refractivity contribution is 0.0947. The van der Waals surface area contributed by atoms with Gasteiger partial charge in [-0.05, 0) is 63.3 Å². The molecule has 0 bridgehead atoms. The highest BCUT2D eigenvalue weighted by Crippen LogP contribution is 2.32. The Labute approximate surface area is 155 Å². The van der Waals surface area contributed by atoms with Crippen LogP contribution in [0.25, 0.3) is 0 Å². The number of ether oxygens (including phenoxy) is 1. The summed E-state index contributed by atoms with van der Waals surface area (Å²) in [5.74, 6) is 0.889. The maximum atomic E-state index is 6.18. The molecular weight excluding hydrogens is 330 g/mol. The zero-order chi connectivity index (χ0) is 18.4. The van der Waals surface area contributed by atoms with Crippen LogP contribution in [0.1, 0.15) is 27.7 Å². The molecule has 5 heteroatoms. The van der Waals surface area contributed by atoms with E-state index in [-0.39, 0.29) is 6.10 Å². The molecule has 4 nitrogen and oxygen atoms in total. The van der Waals surface area contributed by atoms with Crippen molar-refractivity contribution in [1.29, 1.82) is 0 Å². The van der Waals surface area contributed by atoms with Crippen molar-refractivity contribution in [3.05, 3.63) is 42.5 Å². The van der Waals surface area contributed by atoms with Gasteiger partial charge in [0.2, 0.25) is 0 Å². The quantitative estimate of drug-likeness (QED) is 0.679. The number of nitrogens with two attached hydrogens (primary N) is 2. The van der Waals surface area contributed by atoms with Gasteiger partial charge < -0.3 is 16.2 Å². The summed E-state index contributed by atoms with van der Waals surface area (Å²) in [5, 5.41) is 0. The molecular formula is C20H29N3OS. The summed E-state index contributed by atoms with van der Waals surface area (Å²) in [4.78, 5) is 4.58. The molecule has 0 saturated carbocycles. The van der Waals surface area contributed by atoms with Crippen LogP contribution in [0.3, 0.4) is 0 Å². The maximum Gasteiger partial charge on any atom is 0.120 e. The Morgan fingerprint density at radius 3 is 2.28 bits per heavy atom. The third-order valence-electron chi connectivity index (χ3n) is 4.49. The normalized spacial score (nSPS) is 13.6. The fourth-order valence-corrected chi connectivity index (χ4v) is 3.69. The second-order valence-electron chi connectivity index (χ2n) is 6.15. The molecule has 0 heterocycles. The van der Waals surface area contributed by atoms with Crippen LogP contribution in [0.15, 0.2) is 52.3 Å². The monoisotopic (exact) mass is 359 g/mol. The first-order valence-corrected chi connectivity index (χ1v) is 9.59. The number of hydrogen-bond donors (Lipinski definition) is 2. The predicted octanol–water partition coefficient (Wildman–Crippen LogP) is 4.50. The zero-order valence-corrected chi connectivity index (χ0v) is 16.3. The summed E-state index contributed by atoms with van der Waals surface area (Å²) in [6.45, 7) is 10.8. The van der Waals surface area contributed by atoms with E-state index in [9.17, 15) is 0 Å². The molecule has 0 aliphatic heterocycles. The number of hydrogen-bond acceptors (Lipinski definition) is 5. The van der Waals surface area contributed by atoms with Crippen LogP contribution in [-0.4, -0.2) is 30.1 Å². The fraction of sp³-hybridized carbons (Fsp3) is 0.400. The van der Waals surface area contributed by atoms with Crippen molar-refractivity contribution in [2.45, 2.75) is 49.6 Å². The molecule has 2 aromatic carbocycles. The topological polar surface area (TPSA) is 64.5 Å². The predicted molar refractivity (Wildman–Crippen MR) is 108 cm³/mol. The van der Waals surface area contributed by atoms with Crippen molar-refractivity contribution < 1.29 is 4.74 Å². The van der Waals surface area contributed by atoms with Crippen molar-refractivity contribution in [3.63, 3.8) is 0 Å². The molecule has 0 aliphatic rings. The molecule has 0 radical (unpaired) electrons. The molecule has 2 unspecified atom stereocenters. The number of nitrogens with zero attached hydrogens (tertiary/aromatic N) is 1. The molecule has 0 saturated heterocycles. The molecule has 25 heavy (non-hydrogen) atoms. The van der Waals surface area contributed by atoms with E-state index in [1.54, 1.807) is 11.8 Å². The Balaban J connectivity index is 2.06. The van der Waals surface area contributed by atoms with Gasteiger partial charge in [0, 0.05) is 15.8 Å². The van der Waals surface area contributed by atoms with E-state index < -0.39 is 0 Å². The highest BCUT2D eigenvalue weighted by Gasteiger charge is 2.19. The van der Waals surface area contributed by atoms with Gasteiger partial charge in [-0.25, -0.2) is 0 Å². The summed E-state index contributed by atoms with van der Waals surface area (Å²) in [7, 11) is 0. The number of rotatable bonds is 8. The molecule has 0 fully saturated rings. The Morgan fingerprint density at radius 1 is 0.960 bits per heavy atom. The van der Waals surface area contributed by atoms with Gasteiger partial charge in [0.15, 0.2) is 0 Å². The third-order valence-corrected chi connectivity index (χ3v) is 5.47. The van der Waals surface area contributed by atoms with Crippen LogP contribution < -0.4 is 16.2 Å². The van der Waals surface area contributed by atoms with Crippen molar-refractivity contribution in [1.82, 2.24) is 4.90 Å². The number of nitrogen functional groups attached to an aromatic ring is 2. The molecule has 4 N–H and O–H groups in total. The summed E-state index contributed by atoms with van der Waals surface area (Å²) in [6.07, 6.45) is 0.118. The van der Waals surface area contributed by atoms with Crippen molar-refractivity contribution in [2.75, 3.05) is 24.6 Å². The highest BCUT2D eigenvalue weighted by molar-refractivity contribution is 7.99. The Hall–Kier alpha value is -1.85. The number of likely N-dealkylation sites (N-methyl/N-ethyl adjacent to an activating group) is 1. The Kier molecular flexibility index (Phi) is 7.02. The average Bonchev–Trinajstić information content (AvgIpc) is 2.59. The minimum Gasteiger partial charge on any atom is -0.489 e. The maximum absolute atomic E-state index is 6.18. The second kappa shape index (κ2) is 9.02. The van der Waals surface area contributed by atoms with Gasteiger partial charge in [0.1, 0.15) is 11.9 Å². The molecule has 0 aromatic heterocycles. The van der Waals surface area contributed by atoms with Crippen LogP contribution >= 0.6 is 11.8 Å². The molecule has 0 amide bonds. The van der Waals surface area contributed by atoms with Gasteiger partial charge in [0.05, 0.1) is 11.4 Å². The lowest BCUT2D eigenvalue weighted by atomic mass is 10.1. The first kappa shape index (κ1) is 19.5. The fourth-order valence-electron chi connectivity index (χ4n) is 2.77. The highest BCUT2D eigenvalue weighted by atomic mass is 32.2. The van der Waals surface area contributed by atoms with E-state index in [4.69, 9.17) is 16.2 Å². The lowest BCUT2D eigenvalue weighted by Crippen LogP contribution is -2.42. The standard InChI is InChI=1S/C20H29N3OS/c1-5-23(6-2)14(3)15(4)24-16-8-7-9-17(12-16)25-18-10-11-19(21)20(22)13-18/h7-15H,5-6,21-22H2,1-4H3. The second-order valence-corrected chi connectivity index (χ2v) is 7.30. The van der Waals surface area contributed by atoms with E-state index in [2.05, 4.69) is 44.7 Å². The zero-order valence-electron chi connectivity index (χ0n) is 15.5. The van der Waals surface area contributed by atoms with Gasteiger partial charge in [0.25, 0.3) is 0 Å². The number of anilines is 2. The van der Waals surface area contributed by atoms with E-state index in [0.29, 0.717) is 17.4 Å². The SMILES string of the molecule is CCN(CC)C(C)C(C)Oc1cccc(Sc2ccc(N)c(N)c2)c1. The van der Waals surface area contributed by atoms with Gasteiger partial charge in [-0.1, -0.05) is 31.7 Å². The van der Waals surface area contributed by atoms with Gasteiger partial charge >= 0.3 is 0 Å². The van der Waals surface area contributed by atoms with Crippen molar-refractivity contribution in [3.8, 4) is 5.75 Å². The molecule has 0 spiro atoms. The molecule has 2 atom stereocenters. The smallest absolute Gasteiger partial charge is 0.120 e. The minimum absolute atomic E-state index is 0.118. The molecule has 2 aromatic rings. The van der Waals surface area contributed by atoms with Gasteiger partial charge in [-0.15, -0.1) is 0 Å². The van der Waals surface area contributed by atoms with Crippen LogP contribution in [0.5, 0.6) is 5.75 Å². The lowest BCUT2D eigenvalue weighted by Gasteiger charge is -2.31. The van der Waals surface area contributed by atoms with Gasteiger partial charge in [-0.2, -0.15) is 0 Å². The summed E-state index contributed by atoms with van der Waals surface area (Å²) in [6, 6.07) is 14.3. The molecule has 0 aliphatic carbocycles. The average molecular weight is 360 g/mol.